The molecule has 2 aliphatic rings. The molecule has 2 aromatic rings. The predicted octanol–water partition coefficient (Wildman–Crippen LogP) is 4.64. The zero-order valence-corrected chi connectivity index (χ0v) is 16.6. The van der Waals surface area contributed by atoms with Crippen molar-refractivity contribution in [1.29, 1.82) is 0 Å². The van der Waals surface area contributed by atoms with E-state index in [1.54, 1.807) is 26.4 Å². The molecule has 3 atom stereocenters. The van der Waals surface area contributed by atoms with Gasteiger partial charge in [-0.15, -0.1) is 0 Å². The molecule has 1 saturated carbocycles. The van der Waals surface area contributed by atoms with E-state index < -0.39 is 0 Å². The van der Waals surface area contributed by atoms with Gasteiger partial charge in [-0.25, -0.2) is 4.79 Å². The first-order chi connectivity index (χ1) is 13.7. The molecule has 1 heterocycles. The highest BCUT2D eigenvalue weighted by molar-refractivity contribution is 5.89. The number of methoxy groups -OCH3 is 3. The van der Waals surface area contributed by atoms with Crippen molar-refractivity contribution in [3.63, 3.8) is 0 Å². The number of fused-ring (bicyclic) bond motifs is 3. The average Bonchev–Trinajstić information content (AvgIpc) is 2.77. The van der Waals surface area contributed by atoms with E-state index >= 15 is 0 Å². The highest BCUT2D eigenvalue weighted by atomic mass is 16.5. The van der Waals surface area contributed by atoms with Gasteiger partial charge in [0.05, 0.1) is 33.0 Å². The Labute approximate surface area is 165 Å². The van der Waals surface area contributed by atoms with E-state index in [1.165, 1.54) is 25.5 Å². The minimum Gasteiger partial charge on any atom is -0.493 e. The lowest BCUT2D eigenvalue weighted by Gasteiger charge is -2.41. The van der Waals surface area contributed by atoms with Crippen molar-refractivity contribution in [3.05, 3.63) is 58.7 Å². The van der Waals surface area contributed by atoms with Crippen molar-refractivity contribution in [2.75, 3.05) is 21.3 Å². The largest absolute Gasteiger partial charge is 0.493 e. The average molecular weight is 382 g/mol. The van der Waals surface area contributed by atoms with Crippen LogP contribution in [0, 0.1) is 0 Å². The molecule has 1 aliphatic carbocycles. The molecule has 5 nitrogen and oxygen atoms in total. The van der Waals surface area contributed by atoms with Gasteiger partial charge < -0.3 is 18.9 Å². The number of esters is 1. The van der Waals surface area contributed by atoms with Gasteiger partial charge in [0.15, 0.2) is 11.5 Å². The van der Waals surface area contributed by atoms with Crippen LogP contribution in [0.15, 0.2) is 36.4 Å². The van der Waals surface area contributed by atoms with Crippen molar-refractivity contribution in [3.8, 4) is 11.5 Å². The van der Waals surface area contributed by atoms with Crippen LogP contribution in [0.25, 0.3) is 0 Å². The van der Waals surface area contributed by atoms with E-state index in [0.29, 0.717) is 17.2 Å². The molecule has 0 bridgehead atoms. The lowest BCUT2D eigenvalue weighted by molar-refractivity contribution is -0.0391. The molecular formula is C23H26O5. The molecule has 0 amide bonds. The predicted molar refractivity (Wildman–Crippen MR) is 105 cm³/mol. The monoisotopic (exact) mass is 382 g/mol. The normalized spacial score (nSPS) is 23.3. The van der Waals surface area contributed by atoms with Crippen LogP contribution in [0.5, 0.6) is 11.5 Å². The van der Waals surface area contributed by atoms with E-state index in [4.69, 9.17) is 18.9 Å². The molecule has 28 heavy (non-hydrogen) atoms. The zero-order chi connectivity index (χ0) is 19.7. The molecule has 5 heteroatoms. The van der Waals surface area contributed by atoms with E-state index in [1.807, 2.05) is 18.2 Å². The Balaban J connectivity index is 1.79. The highest BCUT2D eigenvalue weighted by Crippen LogP contribution is 2.49. The molecule has 0 radical (unpaired) electrons. The van der Waals surface area contributed by atoms with Crippen LogP contribution in [0.4, 0.5) is 0 Å². The molecule has 3 unspecified atom stereocenters. The summed E-state index contributed by atoms with van der Waals surface area (Å²) in [6, 6.07) is 11.6. The van der Waals surface area contributed by atoms with Crippen molar-refractivity contribution < 1.29 is 23.7 Å². The number of benzene rings is 2. The lowest BCUT2D eigenvalue weighted by atomic mass is 9.76. The van der Waals surface area contributed by atoms with Gasteiger partial charge in [0.1, 0.15) is 6.10 Å². The van der Waals surface area contributed by atoms with Crippen LogP contribution in [0.2, 0.25) is 0 Å². The molecule has 148 valence electrons. The Bertz CT molecular complexity index is 858. The number of ether oxygens (including phenoxy) is 4. The number of carbonyl (C=O) groups excluding carboxylic acids is 1. The Morgan fingerprint density at radius 1 is 0.929 bits per heavy atom. The molecule has 1 fully saturated rings. The Hall–Kier alpha value is -2.53. The van der Waals surface area contributed by atoms with Gasteiger partial charge in [-0.3, -0.25) is 0 Å². The number of carbonyl (C=O) groups is 1. The van der Waals surface area contributed by atoms with Crippen LogP contribution in [0.3, 0.4) is 0 Å². The number of hydrogen-bond acceptors (Lipinski definition) is 5. The van der Waals surface area contributed by atoms with E-state index in [0.717, 1.165) is 29.7 Å². The van der Waals surface area contributed by atoms with Gasteiger partial charge in [0.2, 0.25) is 0 Å². The van der Waals surface area contributed by atoms with Crippen molar-refractivity contribution in [2.24, 2.45) is 0 Å². The molecule has 0 saturated heterocycles. The summed E-state index contributed by atoms with van der Waals surface area (Å²) in [5.74, 6) is 1.51. The number of rotatable bonds is 4. The van der Waals surface area contributed by atoms with Crippen LogP contribution in [-0.4, -0.2) is 33.4 Å². The van der Waals surface area contributed by atoms with Gasteiger partial charge in [-0.2, -0.15) is 0 Å². The Morgan fingerprint density at radius 2 is 1.57 bits per heavy atom. The maximum Gasteiger partial charge on any atom is 0.337 e. The summed E-state index contributed by atoms with van der Waals surface area (Å²) in [7, 11) is 4.71. The first kappa shape index (κ1) is 18.8. The SMILES string of the molecule is COC(=O)c1ccc(C2OC3CCCCC3c3cc(OC)c(OC)cc32)cc1. The second kappa shape index (κ2) is 7.84. The lowest BCUT2D eigenvalue weighted by Crippen LogP contribution is -2.33. The van der Waals surface area contributed by atoms with Crippen LogP contribution in [-0.2, 0) is 9.47 Å². The Morgan fingerprint density at radius 3 is 2.21 bits per heavy atom. The molecule has 1 aliphatic heterocycles. The minimum absolute atomic E-state index is 0.194. The summed E-state index contributed by atoms with van der Waals surface area (Å²) in [5.41, 5.74) is 3.96. The maximum atomic E-state index is 11.8. The third-order valence-corrected chi connectivity index (χ3v) is 5.92. The quantitative estimate of drug-likeness (QED) is 0.721. The van der Waals surface area contributed by atoms with E-state index in [-0.39, 0.29) is 18.2 Å². The molecule has 0 aromatic heterocycles. The van der Waals surface area contributed by atoms with Crippen molar-refractivity contribution in [2.45, 2.75) is 43.8 Å². The summed E-state index contributed by atoms with van der Waals surface area (Å²) in [6.45, 7) is 0. The fourth-order valence-corrected chi connectivity index (χ4v) is 4.49. The fraction of sp³-hybridized carbons (Fsp3) is 0.435. The molecule has 2 aromatic carbocycles. The number of hydrogen-bond donors (Lipinski definition) is 0. The summed E-state index contributed by atoms with van der Waals surface area (Å²) < 4.78 is 22.5. The molecule has 0 spiro atoms. The molecule has 0 N–H and O–H groups in total. The zero-order valence-electron chi connectivity index (χ0n) is 16.6. The van der Waals surface area contributed by atoms with Gasteiger partial charge in [0, 0.05) is 5.92 Å². The third kappa shape index (κ3) is 3.24. The summed E-state index contributed by atoms with van der Waals surface area (Å²) >= 11 is 0. The second-order valence-corrected chi connectivity index (χ2v) is 7.40. The van der Waals surface area contributed by atoms with Crippen molar-refractivity contribution in [1.82, 2.24) is 0 Å². The van der Waals surface area contributed by atoms with Crippen LogP contribution >= 0.6 is 0 Å². The summed E-state index contributed by atoms with van der Waals surface area (Å²) in [4.78, 5) is 11.8. The van der Waals surface area contributed by atoms with Gasteiger partial charge in [-0.1, -0.05) is 25.0 Å². The topological polar surface area (TPSA) is 54.0 Å². The van der Waals surface area contributed by atoms with Gasteiger partial charge >= 0.3 is 5.97 Å². The van der Waals surface area contributed by atoms with Crippen LogP contribution in [0.1, 0.15) is 64.8 Å². The second-order valence-electron chi connectivity index (χ2n) is 7.40. The van der Waals surface area contributed by atoms with Crippen molar-refractivity contribution >= 4 is 5.97 Å². The standard InChI is InChI=1S/C23H26O5/c1-25-20-12-17-16-6-4-5-7-19(16)28-22(18(17)13-21(20)26-2)14-8-10-15(11-9-14)23(24)27-3/h8-13,16,19,22H,4-7H2,1-3H3. The highest BCUT2D eigenvalue weighted by Gasteiger charge is 2.38. The van der Waals surface area contributed by atoms with E-state index in [9.17, 15) is 4.79 Å². The first-order valence-electron chi connectivity index (χ1n) is 9.75. The summed E-state index contributed by atoms with van der Waals surface area (Å²) in [5, 5.41) is 0. The van der Waals surface area contributed by atoms with E-state index in [2.05, 4.69) is 6.07 Å². The minimum atomic E-state index is -0.338. The van der Waals surface area contributed by atoms with Crippen LogP contribution < -0.4 is 9.47 Å². The maximum absolute atomic E-state index is 11.8. The first-order valence-corrected chi connectivity index (χ1v) is 9.75. The van der Waals surface area contributed by atoms with Gasteiger partial charge in [0.25, 0.3) is 0 Å². The van der Waals surface area contributed by atoms with Gasteiger partial charge in [-0.05, 0) is 53.8 Å². The molecule has 4 rings (SSSR count). The smallest absolute Gasteiger partial charge is 0.337 e. The molecular weight excluding hydrogens is 356 g/mol. The Kier molecular flexibility index (Phi) is 5.27. The fourth-order valence-electron chi connectivity index (χ4n) is 4.49. The summed E-state index contributed by atoms with van der Waals surface area (Å²) in [6.07, 6.45) is 4.61. The third-order valence-electron chi connectivity index (χ3n) is 5.92.